The van der Waals surface area contributed by atoms with Gasteiger partial charge in [-0.1, -0.05) is 88.7 Å². The third-order valence-electron chi connectivity index (χ3n) is 9.55. The van der Waals surface area contributed by atoms with Gasteiger partial charge in [-0.2, -0.15) is 0 Å². The van der Waals surface area contributed by atoms with Crippen molar-refractivity contribution in [2.45, 2.75) is 34.6 Å². The molecule has 5 heterocycles. The van der Waals surface area contributed by atoms with E-state index < -0.39 is 12.6 Å². The van der Waals surface area contributed by atoms with E-state index in [1.165, 1.54) is 55.3 Å². The van der Waals surface area contributed by atoms with Crippen molar-refractivity contribution < 1.29 is 33.4 Å². The van der Waals surface area contributed by atoms with Gasteiger partial charge in [0.1, 0.15) is 6.61 Å². The molecule has 9 nitrogen and oxygen atoms in total. The Morgan fingerprint density at radius 3 is 1.38 bits per heavy atom. The molecule has 14 heteroatoms. The van der Waals surface area contributed by atoms with Crippen LogP contribution in [0.4, 0.5) is 6.01 Å². The zero-order valence-electron chi connectivity index (χ0n) is 33.9. The number of carbonyl (C=O) groups excluding carboxylic acids is 4. The fourth-order valence-electron chi connectivity index (χ4n) is 6.49. The van der Waals surface area contributed by atoms with Crippen molar-refractivity contribution in [1.29, 1.82) is 0 Å². The van der Waals surface area contributed by atoms with Crippen LogP contribution in [-0.2, 0) is 9.53 Å². The summed E-state index contributed by atoms with van der Waals surface area (Å²) in [6.07, 6.45) is 1.67. The van der Waals surface area contributed by atoms with E-state index in [1.807, 2.05) is 93.6 Å². The highest BCUT2D eigenvalue weighted by atomic mass is 79.9. The number of esters is 1. The normalized spacial score (nSPS) is 10.7. The molecule has 9 rings (SSSR count). The van der Waals surface area contributed by atoms with Crippen LogP contribution in [0.2, 0.25) is 0 Å². The molecule has 5 aromatic heterocycles. The number of aryl methyl sites for hydroxylation is 4. The number of aliphatic hydroxyl groups excluding tert-OH is 1. The Morgan fingerprint density at radius 1 is 0.623 bits per heavy atom. The molecule has 0 fully saturated rings. The summed E-state index contributed by atoms with van der Waals surface area (Å²) in [7, 11) is 0. The summed E-state index contributed by atoms with van der Waals surface area (Å²) in [5, 5.41) is 13.8. The van der Waals surface area contributed by atoms with Gasteiger partial charge in [-0.3, -0.25) is 19.2 Å². The number of alkyl halides is 1. The molecule has 0 spiro atoms. The average Bonchev–Trinajstić information content (AvgIpc) is 4.10. The number of oxazole rings is 1. The van der Waals surface area contributed by atoms with Crippen LogP contribution in [0.3, 0.4) is 0 Å². The lowest BCUT2D eigenvalue weighted by atomic mass is 10.1. The number of ketones is 3. The summed E-state index contributed by atoms with van der Waals surface area (Å²) in [5.41, 5.74) is 9.75. The molecule has 0 aliphatic carbocycles. The van der Waals surface area contributed by atoms with Gasteiger partial charge in [-0.25, -0.2) is 4.98 Å². The third kappa shape index (κ3) is 10.4. The highest BCUT2D eigenvalue weighted by molar-refractivity contribution is 9.09. The maximum atomic E-state index is 11.9. The molecule has 0 unspecified atom stereocenters. The number of benzene rings is 4. The number of thiophene rings is 4. The lowest BCUT2D eigenvalue weighted by Crippen LogP contribution is -2.11. The number of aromatic nitrogens is 1. The number of carbonyl (C=O) groups is 4. The quantitative estimate of drug-likeness (QED) is 0.0862. The molecule has 0 amide bonds. The zero-order chi connectivity index (χ0) is 43.8. The van der Waals surface area contributed by atoms with E-state index in [0.717, 1.165) is 52.4 Å². The van der Waals surface area contributed by atoms with Gasteiger partial charge in [-0.15, -0.1) is 45.3 Å². The number of anilines is 1. The first-order chi connectivity index (χ1) is 29.3. The summed E-state index contributed by atoms with van der Waals surface area (Å²) in [6.45, 7) is 8.64. The van der Waals surface area contributed by atoms with Gasteiger partial charge in [0.25, 0.3) is 6.01 Å². The third-order valence-corrected chi connectivity index (χ3v) is 15.3. The van der Waals surface area contributed by atoms with Gasteiger partial charge >= 0.3 is 5.97 Å². The Bertz CT molecular complexity index is 2930. The summed E-state index contributed by atoms with van der Waals surface area (Å²) in [5.74, 6) is 0.152. The number of nitrogens with zero attached hydrogens (tertiary/aromatic N) is 1. The number of fused-ring (bicyclic) bond motifs is 4. The smallest absolute Gasteiger partial charge is 0.303 e. The monoisotopic (exact) mass is 952 g/mol. The molecule has 0 bridgehead atoms. The molecule has 61 heavy (non-hydrogen) atoms. The number of nitrogens with two attached hydrogens (primary N) is 1. The number of hydrogen-bond acceptors (Lipinski definition) is 13. The minimum absolute atomic E-state index is 0.140. The number of nitrogen functional groups attached to an aromatic ring is 1. The largest absolute Gasteiger partial charge is 0.457 e. The zero-order valence-corrected chi connectivity index (χ0v) is 38.7. The van der Waals surface area contributed by atoms with Crippen molar-refractivity contribution in [3.63, 3.8) is 0 Å². The topological polar surface area (TPSA) is 150 Å². The average molecular weight is 954 g/mol. The molecule has 312 valence electrons. The molecule has 3 N–H and O–H groups in total. The fraction of sp³-hybridized carbons (Fsp3) is 0.170. The molecule has 0 saturated carbocycles. The molecule has 0 saturated heterocycles. The summed E-state index contributed by atoms with van der Waals surface area (Å²) in [6, 6.07) is 32.4. The Kier molecular flexibility index (Phi) is 15.2. The van der Waals surface area contributed by atoms with Crippen LogP contribution in [0.1, 0.15) is 58.2 Å². The molecule has 0 radical (unpaired) electrons. The number of ether oxygens (including phenoxy) is 1. The van der Waals surface area contributed by atoms with Crippen LogP contribution in [0.5, 0.6) is 0 Å². The standard InChI is InChI=1S/C13H12O3S.C12H10N2OS.C11H9BrOS.C11H10O2S/c1-8-10-5-3-4-6-12(10)17-13(8)11(15)7-16-9(2)14;1-7-8-4-2-3-5-10(8)16-11(7)9-6-14-12(13)15-9;2*1-7-8-4-2-3-5-10(8)14-11(7)9(13)6-12/h3-6H,7H2,1-2H3;2-6H,1H3,(H2,13,14);2-5H,6H2,1H3;2-5,12H,6H2,1H3. The molecule has 0 aliphatic heterocycles. The summed E-state index contributed by atoms with van der Waals surface area (Å²) < 4.78 is 14.7. The van der Waals surface area contributed by atoms with E-state index in [9.17, 15) is 19.2 Å². The summed E-state index contributed by atoms with van der Waals surface area (Å²) >= 11 is 9.37. The van der Waals surface area contributed by atoms with Crippen LogP contribution in [0, 0.1) is 27.7 Å². The van der Waals surface area contributed by atoms with Crippen molar-refractivity contribution in [3.8, 4) is 10.6 Å². The SMILES string of the molecule is CC(=O)OCC(=O)c1sc2ccccc2c1C.Cc1c(-c2cnc(N)o2)sc2ccccc12.Cc1c(C(=O)CBr)sc2ccccc12.Cc1c(C(=O)CO)sc2ccccc12. The van der Waals surface area contributed by atoms with Gasteiger partial charge in [0.15, 0.2) is 23.9 Å². The van der Waals surface area contributed by atoms with E-state index in [4.69, 9.17) is 20.0 Å². The van der Waals surface area contributed by atoms with Crippen molar-refractivity contribution in [3.05, 3.63) is 140 Å². The fourth-order valence-corrected chi connectivity index (χ4v) is 11.5. The number of rotatable bonds is 8. The van der Waals surface area contributed by atoms with E-state index in [-0.39, 0.29) is 30.0 Å². The second-order valence-electron chi connectivity index (χ2n) is 13.6. The second kappa shape index (κ2) is 20.5. The first-order valence-corrected chi connectivity index (χ1v) is 23.3. The van der Waals surface area contributed by atoms with Crippen LogP contribution in [0.15, 0.2) is 108 Å². The van der Waals surface area contributed by atoms with Crippen molar-refractivity contribution in [2.24, 2.45) is 0 Å². The predicted octanol–water partition coefficient (Wildman–Crippen LogP) is 12.6. The molecule has 4 aromatic carbocycles. The van der Waals surface area contributed by atoms with E-state index in [2.05, 4.69) is 52.1 Å². The predicted molar refractivity (Wildman–Crippen MR) is 257 cm³/mol. The van der Waals surface area contributed by atoms with Gasteiger partial charge in [0, 0.05) is 25.7 Å². The highest BCUT2D eigenvalue weighted by Crippen LogP contribution is 2.38. The summed E-state index contributed by atoms with van der Waals surface area (Å²) in [4.78, 5) is 52.7. The number of hydrogen-bond donors (Lipinski definition) is 2. The van der Waals surface area contributed by atoms with Crippen LogP contribution >= 0.6 is 61.3 Å². The lowest BCUT2D eigenvalue weighted by Gasteiger charge is -2.00. The highest BCUT2D eigenvalue weighted by Gasteiger charge is 2.17. The lowest BCUT2D eigenvalue weighted by molar-refractivity contribution is -0.139. The molecular formula is C47H41BrN2O7S4. The van der Waals surface area contributed by atoms with E-state index in [0.29, 0.717) is 15.1 Å². The Morgan fingerprint density at radius 2 is 1.02 bits per heavy atom. The first-order valence-electron chi connectivity index (χ1n) is 18.9. The van der Waals surface area contributed by atoms with Gasteiger partial charge in [-0.05, 0) is 95.8 Å². The van der Waals surface area contributed by atoms with Crippen LogP contribution in [0.25, 0.3) is 51.0 Å². The van der Waals surface area contributed by atoms with Crippen molar-refractivity contribution in [1.82, 2.24) is 4.98 Å². The Balaban J connectivity index is 0.000000136. The molecular weight excluding hydrogens is 913 g/mol. The molecule has 9 aromatic rings. The van der Waals surface area contributed by atoms with Crippen molar-refractivity contribution >= 4 is 131 Å². The number of halogens is 1. The maximum Gasteiger partial charge on any atom is 0.303 e. The Hall–Kier alpha value is -5.35. The van der Waals surface area contributed by atoms with Crippen LogP contribution < -0.4 is 5.73 Å². The number of Topliss-reactive ketones (excluding diaryl/α,β-unsaturated/α-hetero) is 3. The van der Waals surface area contributed by atoms with Crippen LogP contribution in [-0.4, -0.2) is 52.0 Å². The minimum atomic E-state index is -0.433. The Labute approximate surface area is 376 Å². The first kappa shape index (κ1) is 45.2. The second-order valence-corrected chi connectivity index (χ2v) is 18.4. The van der Waals surface area contributed by atoms with Gasteiger partial charge < -0.3 is 20.0 Å². The number of aliphatic hydroxyl groups is 1. The maximum absolute atomic E-state index is 11.9. The van der Waals surface area contributed by atoms with Crippen molar-refractivity contribution in [2.75, 3.05) is 24.3 Å². The molecule has 0 atom stereocenters. The van der Waals surface area contributed by atoms with Gasteiger partial charge in [0.05, 0.1) is 31.0 Å². The molecule has 0 aliphatic rings. The van der Waals surface area contributed by atoms with Gasteiger partial charge in [0.2, 0.25) is 5.78 Å². The van der Waals surface area contributed by atoms with E-state index >= 15 is 0 Å². The van der Waals surface area contributed by atoms with E-state index in [1.54, 1.807) is 28.9 Å². The minimum Gasteiger partial charge on any atom is -0.457 e.